The number of fused-ring (bicyclic) bond motifs is 2. The third-order valence-electron chi connectivity index (χ3n) is 5.72. The van der Waals surface area contributed by atoms with Crippen molar-refractivity contribution in [3.05, 3.63) is 64.8 Å². The zero-order valence-corrected chi connectivity index (χ0v) is 19.1. The van der Waals surface area contributed by atoms with Crippen molar-refractivity contribution in [1.29, 1.82) is 0 Å². The van der Waals surface area contributed by atoms with Gasteiger partial charge in [0.15, 0.2) is 0 Å². The molecule has 0 atom stereocenters. The number of nitrogens with two attached hydrogens (primary N) is 2. The summed E-state index contributed by atoms with van der Waals surface area (Å²) in [7, 11) is 0. The van der Waals surface area contributed by atoms with Gasteiger partial charge in [0.1, 0.15) is 5.69 Å². The van der Waals surface area contributed by atoms with E-state index < -0.39 is 5.54 Å². The topological polar surface area (TPSA) is 127 Å². The fourth-order valence-electron chi connectivity index (χ4n) is 4.01. The minimum absolute atomic E-state index is 0.0186. The lowest BCUT2D eigenvalue weighted by atomic mass is 10.0. The van der Waals surface area contributed by atoms with Crippen LogP contribution in [-0.4, -0.2) is 38.8 Å². The van der Waals surface area contributed by atoms with E-state index in [9.17, 15) is 9.59 Å². The van der Waals surface area contributed by atoms with Crippen LogP contribution in [0.4, 0.5) is 5.95 Å². The summed E-state index contributed by atoms with van der Waals surface area (Å²) in [5, 5.41) is 3.54. The maximum Gasteiger partial charge on any atom is 0.273 e. The first kappa shape index (κ1) is 22.7. The Balaban J connectivity index is 1.48. The van der Waals surface area contributed by atoms with E-state index in [1.165, 1.54) is 0 Å². The number of hydrogen-bond acceptors (Lipinski definition) is 6. The molecule has 0 bridgehead atoms. The predicted octanol–water partition coefficient (Wildman–Crippen LogP) is 2.54. The number of nitrogen functional groups attached to an aromatic ring is 1. The highest BCUT2D eigenvalue weighted by Crippen LogP contribution is 2.27. The summed E-state index contributed by atoms with van der Waals surface area (Å²) in [6.45, 7) is 5.28. The van der Waals surface area contributed by atoms with Crippen molar-refractivity contribution in [3.8, 4) is 0 Å². The van der Waals surface area contributed by atoms with Gasteiger partial charge >= 0.3 is 0 Å². The third-order valence-corrected chi connectivity index (χ3v) is 5.72. The first-order valence-corrected chi connectivity index (χ1v) is 11.2. The Hall–Kier alpha value is -3.52. The summed E-state index contributed by atoms with van der Waals surface area (Å²) in [5.41, 5.74) is 15.6. The van der Waals surface area contributed by atoms with Crippen LogP contribution in [0.25, 0.3) is 10.9 Å². The molecule has 3 aromatic rings. The molecular formula is C25H30N6O2. The highest BCUT2D eigenvalue weighted by molar-refractivity contribution is 6.05. The average molecular weight is 447 g/mol. The summed E-state index contributed by atoms with van der Waals surface area (Å²) in [6, 6.07) is 13.8. The highest BCUT2D eigenvalue weighted by atomic mass is 16.2. The van der Waals surface area contributed by atoms with Crippen LogP contribution in [0.15, 0.2) is 42.5 Å². The van der Waals surface area contributed by atoms with E-state index in [0.717, 1.165) is 16.7 Å². The molecule has 8 heteroatoms. The van der Waals surface area contributed by atoms with E-state index in [-0.39, 0.29) is 17.8 Å². The Bertz CT molecular complexity index is 1180. The number of nitrogens with zero attached hydrogens (tertiary/aromatic N) is 3. The van der Waals surface area contributed by atoms with Gasteiger partial charge in [0.05, 0.1) is 5.52 Å². The zero-order chi connectivity index (χ0) is 23.6. The van der Waals surface area contributed by atoms with E-state index in [4.69, 9.17) is 11.5 Å². The van der Waals surface area contributed by atoms with Crippen molar-refractivity contribution < 1.29 is 9.59 Å². The predicted molar refractivity (Wildman–Crippen MR) is 128 cm³/mol. The summed E-state index contributed by atoms with van der Waals surface area (Å²) >= 11 is 0. The van der Waals surface area contributed by atoms with E-state index in [0.29, 0.717) is 55.5 Å². The standard InChI is InChI=1S/C25H30N6O2/c1-25(2,27)15-28-21(32)9-5-6-16-10-11-20-19(12-16)22(30-24(26)29-20)23(33)31-13-17-7-3-4-8-18(17)14-31/h3-4,7-8,10-12H,5-6,9,13-15,27H2,1-2H3,(H,28,32)(H2,26,29,30). The number of benzene rings is 2. The number of aryl methyl sites for hydroxylation is 1. The van der Waals surface area contributed by atoms with Gasteiger partial charge in [-0.15, -0.1) is 0 Å². The van der Waals surface area contributed by atoms with Gasteiger partial charge in [-0.1, -0.05) is 30.3 Å². The summed E-state index contributed by atoms with van der Waals surface area (Å²) < 4.78 is 0. The first-order valence-electron chi connectivity index (χ1n) is 11.2. The Kier molecular flexibility index (Phi) is 6.29. The molecule has 2 amide bonds. The Labute approximate surface area is 193 Å². The van der Waals surface area contributed by atoms with Gasteiger partial charge in [0, 0.05) is 37.0 Å². The number of rotatable bonds is 7. The summed E-state index contributed by atoms with van der Waals surface area (Å²) in [4.78, 5) is 35.8. The number of anilines is 1. The molecule has 5 N–H and O–H groups in total. The number of aromatic nitrogens is 2. The molecule has 0 spiro atoms. The minimum Gasteiger partial charge on any atom is -0.368 e. The van der Waals surface area contributed by atoms with E-state index in [1.807, 2.05) is 56.3 Å². The molecule has 0 unspecified atom stereocenters. The maximum absolute atomic E-state index is 13.4. The molecule has 0 radical (unpaired) electrons. The molecule has 8 nitrogen and oxygen atoms in total. The number of hydrogen-bond donors (Lipinski definition) is 3. The minimum atomic E-state index is -0.435. The average Bonchev–Trinajstić information content (AvgIpc) is 3.21. The third kappa shape index (κ3) is 5.46. The molecule has 172 valence electrons. The van der Waals surface area contributed by atoms with Gasteiger partial charge < -0.3 is 21.7 Å². The van der Waals surface area contributed by atoms with Crippen LogP contribution < -0.4 is 16.8 Å². The number of carbonyl (C=O) groups is 2. The largest absolute Gasteiger partial charge is 0.368 e. The van der Waals surface area contributed by atoms with Crippen molar-refractivity contribution in [2.45, 2.75) is 51.7 Å². The molecule has 0 saturated heterocycles. The lowest BCUT2D eigenvalue weighted by molar-refractivity contribution is -0.121. The van der Waals surface area contributed by atoms with Gasteiger partial charge in [-0.3, -0.25) is 9.59 Å². The molecule has 1 aliphatic heterocycles. The molecule has 2 aromatic carbocycles. The van der Waals surface area contributed by atoms with Gasteiger partial charge in [-0.25, -0.2) is 9.97 Å². The Morgan fingerprint density at radius 3 is 2.45 bits per heavy atom. The van der Waals surface area contributed by atoms with Crippen LogP contribution in [0, 0.1) is 0 Å². The molecule has 33 heavy (non-hydrogen) atoms. The van der Waals surface area contributed by atoms with E-state index in [1.54, 1.807) is 4.90 Å². The molecule has 0 aliphatic carbocycles. The number of amides is 2. The van der Waals surface area contributed by atoms with Gasteiger partial charge in [0.2, 0.25) is 11.9 Å². The van der Waals surface area contributed by atoms with Crippen LogP contribution in [0.5, 0.6) is 0 Å². The molecule has 4 rings (SSSR count). The molecular weight excluding hydrogens is 416 g/mol. The Morgan fingerprint density at radius 1 is 1.09 bits per heavy atom. The monoisotopic (exact) mass is 446 g/mol. The summed E-state index contributed by atoms with van der Waals surface area (Å²) in [5.74, 6) is -0.101. The molecule has 0 saturated carbocycles. The van der Waals surface area contributed by atoms with Crippen LogP contribution >= 0.6 is 0 Å². The fourth-order valence-corrected chi connectivity index (χ4v) is 4.01. The number of nitrogens with one attached hydrogen (secondary N) is 1. The normalized spacial score (nSPS) is 13.2. The Morgan fingerprint density at radius 2 is 1.79 bits per heavy atom. The zero-order valence-electron chi connectivity index (χ0n) is 19.1. The second-order valence-electron chi connectivity index (χ2n) is 9.33. The van der Waals surface area contributed by atoms with Crippen molar-refractivity contribution in [1.82, 2.24) is 20.2 Å². The van der Waals surface area contributed by atoms with Gasteiger partial charge in [-0.2, -0.15) is 0 Å². The van der Waals surface area contributed by atoms with Crippen molar-refractivity contribution in [3.63, 3.8) is 0 Å². The van der Waals surface area contributed by atoms with Gasteiger partial charge in [0.25, 0.3) is 5.91 Å². The fraction of sp³-hybridized carbons (Fsp3) is 0.360. The molecule has 1 aromatic heterocycles. The van der Waals surface area contributed by atoms with Crippen LogP contribution in [0.1, 0.15) is 53.9 Å². The SMILES string of the molecule is CC(C)(N)CNC(=O)CCCc1ccc2nc(N)nc(C(=O)N3Cc4ccccc4C3)c2c1. The maximum atomic E-state index is 13.4. The second-order valence-corrected chi connectivity index (χ2v) is 9.33. The molecule has 1 aliphatic rings. The van der Waals surface area contributed by atoms with E-state index in [2.05, 4.69) is 15.3 Å². The van der Waals surface area contributed by atoms with E-state index >= 15 is 0 Å². The lowest BCUT2D eigenvalue weighted by Gasteiger charge is -2.18. The van der Waals surface area contributed by atoms with Crippen LogP contribution in [0.3, 0.4) is 0 Å². The molecule has 0 fully saturated rings. The number of carbonyl (C=O) groups excluding carboxylic acids is 2. The van der Waals surface area contributed by atoms with Crippen molar-refractivity contribution in [2.75, 3.05) is 12.3 Å². The van der Waals surface area contributed by atoms with Crippen LogP contribution in [0.2, 0.25) is 0 Å². The summed E-state index contributed by atoms with van der Waals surface area (Å²) in [6.07, 6.45) is 1.79. The second kappa shape index (κ2) is 9.15. The highest BCUT2D eigenvalue weighted by Gasteiger charge is 2.26. The van der Waals surface area contributed by atoms with Crippen LogP contribution in [-0.2, 0) is 24.3 Å². The molecule has 2 heterocycles. The first-order chi connectivity index (χ1) is 15.7. The lowest BCUT2D eigenvalue weighted by Crippen LogP contribution is -2.45. The van der Waals surface area contributed by atoms with Crippen molar-refractivity contribution in [2.24, 2.45) is 5.73 Å². The quantitative estimate of drug-likeness (QED) is 0.512. The smallest absolute Gasteiger partial charge is 0.273 e. The van der Waals surface area contributed by atoms with Crippen molar-refractivity contribution >= 4 is 28.7 Å². The van der Waals surface area contributed by atoms with Gasteiger partial charge in [-0.05, 0) is 55.5 Å².